The SMILES string of the molecule is CNC(=O)c1ccc(NC(=O)c2sc3ccc(F)cc3c2C)cc1. The fourth-order valence-electron chi connectivity index (χ4n) is 2.45. The van der Waals surface area contributed by atoms with Crippen molar-refractivity contribution < 1.29 is 14.0 Å². The van der Waals surface area contributed by atoms with Crippen molar-refractivity contribution in [2.75, 3.05) is 12.4 Å². The van der Waals surface area contributed by atoms with Gasteiger partial charge < -0.3 is 10.6 Å². The van der Waals surface area contributed by atoms with Crippen molar-refractivity contribution in [2.24, 2.45) is 0 Å². The van der Waals surface area contributed by atoms with Crippen LogP contribution in [0.25, 0.3) is 10.1 Å². The third-order valence-corrected chi connectivity index (χ3v) is 5.01. The van der Waals surface area contributed by atoms with Crippen molar-refractivity contribution in [1.82, 2.24) is 5.32 Å². The number of rotatable bonds is 3. The molecule has 0 aliphatic carbocycles. The van der Waals surface area contributed by atoms with Gasteiger partial charge >= 0.3 is 0 Å². The van der Waals surface area contributed by atoms with E-state index in [4.69, 9.17) is 0 Å². The lowest BCUT2D eigenvalue weighted by Gasteiger charge is -2.06. The number of amides is 2. The Bertz CT molecular complexity index is 932. The summed E-state index contributed by atoms with van der Waals surface area (Å²) in [5, 5.41) is 6.09. The minimum absolute atomic E-state index is 0.185. The molecule has 24 heavy (non-hydrogen) atoms. The molecule has 2 aromatic carbocycles. The first-order valence-corrected chi connectivity index (χ1v) is 8.13. The van der Waals surface area contributed by atoms with Crippen LogP contribution < -0.4 is 10.6 Å². The minimum atomic E-state index is -0.319. The highest BCUT2D eigenvalue weighted by atomic mass is 32.1. The van der Waals surface area contributed by atoms with Gasteiger partial charge in [-0.25, -0.2) is 4.39 Å². The Kier molecular flexibility index (Phi) is 4.31. The molecule has 0 spiro atoms. The normalized spacial score (nSPS) is 10.6. The molecule has 2 N–H and O–H groups in total. The maximum atomic E-state index is 13.4. The van der Waals surface area contributed by atoms with Gasteiger partial charge in [0.05, 0.1) is 4.88 Å². The van der Waals surface area contributed by atoms with Crippen LogP contribution in [0.5, 0.6) is 0 Å². The number of benzene rings is 2. The topological polar surface area (TPSA) is 58.2 Å². The van der Waals surface area contributed by atoms with E-state index in [2.05, 4.69) is 10.6 Å². The quantitative estimate of drug-likeness (QED) is 0.757. The van der Waals surface area contributed by atoms with E-state index in [1.54, 1.807) is 37.4 Å². The second kappa shape index (κ2) is 6.41. The molecule has 0 aliphatic heterocycles. The molecule has 0 unspecified atom stereocenters. The number of halogens is 1. The second-order valence-electron chi connectivity index (χ2n) is 5.31. The van der Waals surface area contributed by atoms with E-state index in [-0.39, 0.29) is 17.6 Å². The van der Waals surface area contributed by atoms with Crippen LogP contribution in [-0.2, 0) is 0 Å². The molecular weight excluding hydrogens is 327 g/mol. The third kappa shape index (κ3) is 3.00. The molecule has 0 saturated heterocycles. The summed E-state index contributed by atoms with van der Waals surface area (Å²) in [4.78, 5) is 24.6. The maximum absolute atomic E-state index is 13.4. The summed E-state index contributed by atoms with van der Waals surface area (Å²) in [5.41, 5.74) is 1.87. The van der Waals surface area contributed by atoms with E-state index in [1.165, 1.54) is 23.5 Å². The fourth-order valence-corrected chi connectivity index (χ4v) is 3.53. The Morgan fingerprint density at radius 2 is 1.75 bits per heavy atom. The van der Waals surface area contributed by atoms with E-state index in [1.807, 2.05) is 6.92 Å². The highest BCUT2D eigenvalue weighted by molar-refractivity contribution is 7.21. The summed E-state index contributed by atoms with van der Waals surface area (Å²) in [7, 11) is 1.56. The number of nitrogens with one attached hydrogen (secondary N) is 2. The minimum Gasteiger partial charge on any atom is -0.355 e. The summed E-state index contributed by atoms with van der Waals surface area (Å²) < 4.78 is 14.2. The van der Waals surface area contributed by atoms with E-state index in [0.29, 0.717) is 16.1 Å². The molecule has 3 rings (SSSR count). The van der Waals surface area contributed by atoms with Crippen LogP contribution in [0.1, 0.15) is 25.6 Å². The first-order valence-electron chi connectivity index (χ1n) is 7.31. The Morgan fingerprint density at radius 1 is 1.04 bits per heavy atom. The van der Waals surface area contributed by atoms with Crippen molar-refractivity contribution in [3.8, 4) is 0 Å². The molecule has 122 valence electrons. The molecule has 4 nitrogen and oxygen atoms in total. The molecule has 1 aromatic heterocycles. The lowest BCUT2D eigenvalue weighted by molar-refractivity contribution is 0.0962. The molecule has 0 saturated carbocycles. The fraction of sp³-hybridized carbons (Fsp3) is 0.111. The second-order valence-corrected chi connectivity index (χ2v) is 6.36. The van der Waals surface area contributed by atoms with E-state index in [0.717, 1.165) is 15.6 Å². The Labute approximate surface area is 142 Å². The maximum Gasteiger partial charge on any atom is 0.266 e. The molecule has 0 radical (unpaired) electrons. The Morgan fingerprint density at radius 3 is 2.42 bits per heavy atom. The average molecular weight is 342 g/mol. The van der Waals surface area contributed by atoms with Gasteiger partial charge in [-0.05, 0) is 60.3 Å². The van der Waals surface area contributed by atoms with Crippen molar-refractivity contribution in [3.05, 3.63) is 64.3 Å². The summed E-state index contributed by atoms with van der Waals surface area (Å²) in [6, 6.07) is 11.1. The predicted octanol–water partition coefficient (Wildman–Crippen LogP) is 3.96. The molecule has 3 aromatic rings. The first-order chi connectivity index (χ1) is 11.5. The predicted molar refractivity (Wildman–Crippen MR) is 94.3 cm³/mol. The van der Waals surface area contributed by atoms with Gasteiger partial charge in [-0.2, -0.15) is 0 Å². The molecule has 0 fully saturated rings. The van der Waals surface area contributed by atoms with Gasteiger partial charge in [-0.15, -0.1) is 11.3 Å². The number of fused-ring (bicyclic) bond motifs is 1. The van der Waals surface area contributed by atoms with Crippen LogP contribution >= 0.6 is 11.3 Å². The monoisotopic (exact) mass is 342 g/mol. The Hall–Kier alpha value is -2.73. The largest absolute Gasteiger partial charge is 0.355 e. The molecule has 0 bridgehead atoms. The number of aryl methyl sites for hydroxylation is 1. The van der Waals surface area contributed by atoms with Crippen LogP contribution in [-0.4, -0.2) is 18.9 Å². The lowest BCUT2D eigenvalue weighted by atomic mass is 10.1. The highest BCUT2D eigenvalue weighted by Crippen LogP contribution is 2.31. The third-order valence-electron chi connectivity index (χ3n) is 3.74. The van der Waals surface area contributed by atoms with Crippen molar-refractivity contribution in [2.45, 2.75) is 6.92 Å². The highest BCUT2D eigenvalue weighted by Gasteiger charge is 2.16. The zero-order valence-corrected chi connectivity index (χ0v) is 14.0. The number of anilines is 1. The van der Waals surface area contributed by atoms with Gasteiger partial charge in [0.2, 0.25) is 0 Å². The average Bonchev–Trinajstić information content (AvgIpc) is 2.91. The van der Waals surface area contributed by atoms with Gasteiger partial charge in [-0.3, -0.25) is 9.59 Å². The van der Waals surface area contributed by atoms with Gasteiger partial charge in [0.15, 0.2) is 0 Å². The van der Waals surface area contributed by atoms with Gasteiger partial charge in [-0.1, -0.05) is 0 Å². The molecular formula is C18H15FN2O2S. The van der Waals surface area contributed by atoms with Gasteiger partial charge in [0, 0.05) is 23.0 Å². The number of hydrogen-bond donors (Lipinski definition) is 2. The van der Waals surface area contributed by atoms with E-state index < -0.39 is 0 Å². The van der Waals surface area contributed by atoms with Gasteiger partial charge in [0.1, 0.15) is 5.82 Å². The zero-order valence-electron chi connectivity index (χ0n) is 13.1. The summed E-state index contributed by atoms with van der Waals surface area (Å²) in [6.07, 6.45) is 0. The molecule has 0 aliphatic rings. The molecule has 1 heterocycles. The van der Waals surface area contributed by atoms with E-state index >= 15 is 0 Å². The lowest BCUT2D eigenvalue weighted by Crippen LogP contribution is -2.17. The van der Waals surface area contributed by atoms with Crippen LogP contribution in [0.15, 0.2) is 42.5 Å². The van der Waals surface area contributed by atoms with Crippen molar-refractivity contribution in [3.63, 3.8) is 0 Å². The standard InChI is InChI=1S/C18H15FN2O2S/c1-10-14-9-12(19)5-8-15(14)24-16(10)18(23)21-13-6-3-11(4-7-13)17(22)20-2/h3-9H,1-2H3,(H,20,22)(H,21,23). The van der Waals surface area contributed by atoms with Crippen molar-refractivity contribution >= 4 is 38.9 Å². The molecule has 6 heteroatoms. The van der Waals surface area contributed by atoms with Crippen LogP contribution in [0.4, 0.5) is 10.1 Å². The Balaban J connectivity index is 1.85. The van der Waals surface area contributed by atoms with Crippen molar-refractivity contribution in [1.29, 1.82) is 0 Å². The summed E-state index contributed by atoms with van der Waals surface area (Å²) in [5.74, 6) is -0.753. The van der Waals surface area contributed by atoms with Crippen LogP contribution in [0, 0.1) is 12.7 Å². The number of carbonyl (C=O) groups is 2. The van der Waals surface area contributed by atoms with E-state index in [9.17, 15) is 14.0 Å². The number of thiophene rings is 1. The van der Waals surface area contributed by atoms with Crippen LogP contribution in [0.3, 0.4) is 0 Å². The number of carbonyl (C=O) groups excluding carboxylic acids is 2. The summed E-state index contributed by atoms with van der Waals surface area (Å²) >= 11 is 1.33. The summed E-state index contributed by atoms with van der Waals surface area (Å²) in [6.45, 7) is 1.81. The van der Waals surface area contributed by atoms with Gasteiger partial charge in [0.25, 0.3) is 11.8 Å². The smallest absolute Gasteiger partial charge is 0.266 e. The zero-order chi connectivity index (χ0) is 17.3. The molecule has 0 atom stereocenters. The number of hydrogen-bond acceptors (Lipinski definition) is 3. The van der Waals surface area contributed by atoms with Crippen LogP contribution in [0.2, 0.25) is 0 Å². The molecule has 2 amide bonds. The first kappa shape index (κ1) is 16.1.